The molecule has 0 aliphatic carbocycles. The van der Waals surface area contributed by atoms with Gasteiger partial charge in [-0.25, -0.2) is 4.98 Å². The highest BCUT2D eigenvalue weighted by Gasteiger charge is 1.97. The van der Waals surface area contributed by atoms with Gasteiger partial charge >= 0.3 is 0 Å². The van der Waals surface area contributed by atoms with Crippen molar-refractivity contribution in [1.29, 1.82) is 0 Å². The molecule has 0 aromatic carbocycles. The summed E-state index contributed by atoms with van der Waals surface area (Å²) in [5, 5.41) is 8.58. The van der Waals surface area contributed by atoms with Gasteiger partial charge in [0.05, 0.1) is 106 Å². The second-order valence-corrected chi connectivity index (χ2v) is 11.3. The van der Waals surface area contributed by atoms with Crippen LogP contribution in [0, 0.1) is 0 Å². The summed E-state index contributed by atoms with van der Waals surface area (Å²) in [5.74, 6) is 0. The summed E-state index contributed by atoms with van der Waals surface area (Å²) in [5.41, 5.74) is 0. The average Bonchev–Trinajstić information content (AvgIpc) is 3.10. The van der Waals surface area contributed by atoms with Crippen LogP contribution in [0.2, 0.25) is 0 Å². The van der Waals surface area contributed by atoms with Crippen LogP contribution >= 0.6 is 0 Å². The van der Waals surface area contributed by atoms with Crippen LogP contribution in [0.25, 0.3) is 0 Å². The van der Waals surface area contributed by atoms with E-state index in [-0.39, 0.29) is 6.61 Å². The molecule has 278 valence electrons. The number of hydrogen-bond donors (Lipinski definition) is 1. The molecule has 47 heavy (non-hydrogen) atoms. The van der Waals surface area contributed by atoms with E-state index in [2.05, 4.69) is 11.9 Å². The van der Waals surface area contributed by atoms with Gasteiger partial charge in [0.1, 0.15) is 0 Å². The Morgan fingerprint density at radius 3 is 0.872 bits per heavy atom. The molecule has 0 saturated heterocycles. The number of aromatic amines is 1. The smallest absolute Gasteiger partial charge is 0.166 e. The van der Waals surface area contributed by atoms with Gasteiger partial charge in [-0.3, -0.25) is 0 Å². The summed E-state index contributed by atoms with van der Waals surface area (Å²) in [6, 6.07) is 5.86. The van der Waals surface area contributed by atoms with Gasteiger partial charge in [0.2, 0.25) is 0 Å². The first kappa shape index (κ1) is 45.8. The number of rotatable bonds is 38. The number of hydrogen-bond acceptors (Lipinski definition) is 9. The molecule has 10 heteroatoms. The third-order valence-electron chi connectivity index (χ3n) is 7.09. The van der Waals surface area contributed by atoms with E-state index in [1.54, 1.807) is 0 Å². The zero-order valence-corrected chi connectivity index (χ0v) is 30.0. The lowest BCUT2D eigenvalue weighted by atomic mass is 10.0. The Labute approximate surface area is 287 Å². The van der Waals surface area contributed by atoms with E-state index in [0.29, 0.717) is 99.1 Å². The largest absolute Gasteiger partial charge is 0.394 e. The van der Waals surface area contributed by atoms with Gasteiger partial charge in [0, 0.05) is 18.7 Å². The minimum Gasteiger partial charge on any atom is -0.394 e. The van der Waals surface area contributed by atoms with Crippen LogP contribution in [-0.4, -0.2) is 117 Å². The van der Waals surface area contributed by atoms with Gasteiger partial charge in [-0.15, -0.1) is 0 Å². The van der Waals surface area contributed by atoms with Crippen molar-refractivity contribution in [3.05, 3.63) is 30.6 Å². The molecule has 0 radical (unpaired) electrons. The van der Waals surface area contributed by atoms with E-state index in [4.69, 9.17) is 43.0 Å². The summed E-state index contributed by atoms with van der Waals surface area (Å²) in [6.07, 6.45) is 23.0. The van der Waals surface area contributed by atoms with E-state index >= 15 is 0 Å². The maximum Gasteiger partial charge on any atom is 0.166 e. The number of aliphatic hydroxyl groups excluding tert-OH is 1. The fourth-order valence-corrected chi connectivity index (χ4v) is 4.45. The fraction of sp³-hybridized carbons (Fsp3) is 0.865. The highest BCUT2D eigenvalue weighted by molar-refractivity contribution is 4.82. The Morgan fingerprint density at radius 1 is 0.340 bits per heavy atom. The molecule has 0 unspecified atom stereocenters. The van der Waals surface area contributed by atoms with E-state index in [9.17, 15) is 0 Å². The van der Waals surface area contributed by atoms with Crippen molar-refractivity contribution in [2.24, 2.45) is 0 Å². The summed E-state index contributed by atoms with van der Waals surface area (Å²) in [6.45, 7) is 11.2. The zero-order chi connectivity index (χ0) is 33.8. The van der Waals surface area contributed by atoms with Crippen LogP contribution in [-0.2, 0) is 37.9 Å². The number of aromatic nitrogens is 1. The maximum absolute atomic E-state index is 8.58. The molecule has 0 amide bonds. The van der Waals surface area contributed by atoms with Crippen molar-refractivity contribution >= 4 is 0 Å². The van der Waals surface area contributed by atoms with Crippen LogP contribution in [0.15, 0.2) is 30.6 Å². The minimum absolute atomic E-state index is 0.0353. The number of aliphatic hydroxyl groups is 1. The normalized spacial score (nSPS) is 11.1. The lowest BCUT2D eigenvalue weighted by Gasteiger charge is -2.08. The molecule has 10 nitrogen and oxygen atoms in total. The molecular weight excluding hydrogens is 602 g/mol. The second-order valence-electron chi connectivity index (χ2n) is 11.3. The quantitative estimate of drug-likeness (QED) is 0.0834. The van der Waals surface area contributed by atoms with Crippen LogP contribution in [0.3, 0.4) is 0 Å². The lowest BCUT2D eigenvalue weighted by Crippen LogP contribution is -2.15. The molecule has 1 heterocycles. The van der Waals surface area contributed by atoms with Gasteiger partial charge in [-0.2, -0.15) is 0 Å². The molecule has 0 aliphatic heterocycles. The molecule has 1 aromatic rings. The molecule has 0 aliphatic rings. The van der Waals surface area contributed by atoms with E-state index < -0.39 is 0 Å². The van der Waals surface area contributed by atoms with Gasteiger partial charge < -0.3 is 43.0 Å². The standard InChI is InChI=1S/C32H66O9.C5H5N/c1-2-3-4-5-6-7-8-9-10-11-12-13-14-15-17-34-19-21-36-23-25-38-27-29-40-31-32-41-30-28-39-26-24-37-22-20-35-18-16-33;1-2-4-6-5-3-1/h33H,2-32H2,1H3;1-5H/p+1. The van der Waals surface area contributed by atoms with Crippen molar-refractivity contribution in [3.63, 3.8) is 0 Å². The van der Waals surface area contributed by atoms with Crippen LogP contribution in [0.4, 0.5) is 0 Å². The Hall–Kier alpha value is -1.21. The van der Waals surface area contributed by atoms with Gasteiger partial charge in [0.15, 0.2) is 12.4 Å². The predicted molar refractivity (Wildman–Crippen MR) is 187 cm³/mol. The van der Waals surface area contributed by atoms with E-state index in [1.807, 2.05) is 30.6 Å². The topological polar surface area (TPSA) is 108 Å². The predicted octanol–water partition coefficient (Wildman–Crippen LogP) is 6.09. The average molecular weight is 675 g/mol. The van der Waals surface area contributed by atoms with Crippen LogP contribution in [0.5, 0.6) is 0 Å². The second kappa shape index (κ2) is 44.8. The molecule has 0 saturated carbocycles. The summed E-state index contributed by atoms with van der Waals surface area (Å²) in [7, 11) is 0. The van der Waals surface area contributed by atoms with Crippen molar-refractivity contribution in [1.82, 2.24) is 0 Å². The van der Waals surface area contributed by atoms with E-state index in [1.165, 1.54) is 83.5 Å². The molecule has 0 bridgehead atoms. The molecule has 0 fully saturated rings. The number of nitrogens with one attached hydrogen (secondary N) is 1. The summed E-state index contributed by atoms with van der Waals surface area (Å²) in [4.78, 5) is 2.89. The number of unbranched alkanes of at least 4 members (excludes halogenated alkanes) is 13. The highest BCUT2D eigenvalue weighted by atomic mass is 16.6. The minimum atomic E-state index is 0.0353. The Kier molecular flexibility index (Phi) is 43.6. The highest BCUT2D eigenvalue weighted by Crippen LogP contribution is 2.12. The monoisotopic (exact) mass is 675 g/mol. The first-order valence-corrected chi connectivity index (χ1v) is 18.6. The maximum atomic E-state index is 8.58. The van der Waals surface area contributed by atoms with Gasteiger partial charge in [-0.1, -0.05) is 96.5 Å². The summed E-state index contributed by atoms with van der Waals surface area (Å²) >= 11 is 0. The molecule has 2 N–H and O–H groups in total. The van der Waals surface area contributed by atoms with Gasteiger partial charge in [-0.05, 0) is 6.42 Å². The first-order chi connectivity index (χ1) is 23.4. The van der Waals surface area contributed by atoms with E-state index in [0.717, 1.165) is 13.0 Å². The Morgan fingerprint density at radius 2 is 0.617 bits per heavy atom. The van der Waals surface area contributed by atoms with Crippen LogP contribution < -0.4 is 4.98 Å². The zero-order valence-electron chi connectivity index (χ0n) is 30.0. The third-order valence-corrected chi connectivity index (χ3v) is 7.09. The summed E-state index contributed by atoms with van der Waals surface area (Å²) < 4.78 is 43.5. The van der Waals surface area contributed by atoms with Crippen molar-refractivity contribution in [2.45, 2.75) is 96.8 Å². The number of pyridine rings is 1. The molecule has 1 rings (SSSR count). The third kappa shape index (κ3) is 44.8. The number of ether oxygens (including phenoxy) is 8. The lowest BCUT2D eigenvalue weighted by molar-refractivity contribution is -0.377. The van der Waals surface area contributed by atoms with Gasteiger partial charge in [0.25, 0.3) is 0 Å². The fourth-order valence-electron chi connectivity index (χ4n) is 4.45. The Bertz CT molecular complexity index is 581. The van der Waals surface area contributed by atoms with Crippen molar-refractivity contribution < 1.29 is 48.0 Å². The Balaban J connectivity index is 0.00000313. The van der Waals surface area contributed by atoms with Crippen molar-refractivity contribution in [3.8, 4) is 0 Å². The SMILES string of the molecule is CCCCCCCCCCCCCCCCOCCOCCOCCOCCOCCOCCOCCOCCO.c1cc[nH+]cc1. The number of H-pyrrole nitrogens is 1. The van der Waals surface area contributed by atoms with Crippen molar-refractivity contribution in [2.75, 3.05) is 112 Å². The molecule has 0 atom stereocenters. The first-order valence-electron chi connectivity index (χ1n) is 18.6. The molecular formula is C37H72NO9+. The molecule has 1 aromatic heterocycles. The molecule has 0 spiro atoms. The van der Waals surface area contributed by atoms with Crippen LogP contribution in [0.1, 0.15) is 96.8 Å².